The molecule has 0 unspecified atom stereocenters. The number of hydrogen-bond acceptors (Lipinski definition) is 2. The molecule has 4 nitrogen and oxygen atoms in total. The highest BCUT2D eigenvalue weighted by Gasteiger charge is 2.22. The third-order valence-corrected chi connectivity index (χ3v) is 2.80. The molecule has 90 valence electrons. The Labute approximate surface area is 98.0 Å². The van der Waals surface area contributed by atoms with Gasteiger partial charge in [-0.2, -0.15) is 0 Å². The van der Waals surface area contributed by atoms with E-state index in [2.05, 4.69) is 17.2 Å². The first-order valence-electron chi connectivity index (χ1n) is 5.74. The van der Waals surface area contributed by atoms with Crippen molar-refractivity contribution in [2.24, 2.45) is 0 Å². The number of nitrogens with zero attached hydrogens (tertiary/aromatic N) is 2. The fourth-order valence-electron chi connectivity index (χ4n) is 1.84. The van der Waals surface area contributed by atoms with Crippen LogP contribution in [0.4, 0.5) is 4.79 Å². The van der Waals surface area contributed by atoms with E-state index in [4.69, 9.17) is 0 Å². The maximum Gasteiger partial charge on any atom is 0.319 e. The molecular formula is C12H21N3O. The predicted octanol–water partition coefficient (Wildman–Crippen LogP) is 0.745. The van der Waals surface area contributed by atoms with Crippen molar-refractivity contribution >= 4 is 6.03 Å². The number of piperidine rings is 1. The highest BCUT2D eigenvalue weighted by Crippen LogP contribution is 2.11. The Kier molecular flexibility index (Phi) is 5.13. The van der Waals surface area contributed by atoms with Crippen LogP contribution in [0.1, 0.15) is 19.8 Å². The van der Waals surface area contributed by atoms with Gasteiger partial charge in [0.25, 0.3) is 0 Å². The van der Waals surface area contributed by atoms with Crippen molar-refractivity contribution in [1.29, 1.82) is 0 Å². The number of nitrogens with one attached hydrogen (secondary N) is 1. The van der Waals surface area contributed by atoms with Gasteiger partial charge in [-0.3, -0.25) is 0 Å². The third-order valence-electron chi connectivity index (χ3n) is 2.80. The minimum absolute atomic E-state index is 0.117. The van der Waals surface area contributed by atoms with Crippen LogP contribution in [0.25, 0.3) is 0 Å². The molecule has 0 atom stereocenters. The first-order valence-corrected chi connectivity index (χ1v) is 5.74. The Morgan fingerprint density at radius 2 is 2.06 bits per heavy atom. The van der Waals surface area contributed by atoms with Gasteiger partial charge >= 0.3 is 6.03 Å². The fraction of sp³-hybridized carbons (Fsp3) is 0.750. The minimum Gasteiger partial charge on any atom is -0.331 e. The van der Waals surface area contributed by atoms with Gasteiger partial charge in [0.05, 0.1) is 6.54 Å². The molecule has 0 aliphatic carbocycles. The molecular weight excluding hydrogens is 202 g/mol. The second-order valence-corrected chi connectivity index (χ2v) is 4.25. The van der Waals surface area contributed by atoms with Crippen LogP contribution in [0.5, 0.6) is 0 Å². The Hall–Kier alpha value is -1.21. The lowest BCUT2D eigenvalue weighted by Gasteiger charge is -2.33. The van der Waals surface area contributed by atoms with E-state index < -0.39 is 0 Å². The summed E-state index contributed by atoms with van der Waals surface area (Å²) < 4.78 is 0. The van der Waals surface area contributed by atoms with Gasteiger partial charge in [-0.25, -0.2) is 4.79 Å². The van der Waals surface area contributed by atoms with Gasteiger partial charge < -0.3 is 15.1 Å². The molecule has 1 saturated heterocycles. The van der Waals surface area contributed by atoms with Crippen LogP contribution in [0.15, 0.2) is 0 Å². The normalized spacial score (nSPS) is 16.6. The molecule has 2 amide bonds. The summed E-state index contributed by atoms with van der Waals surface area (Å²) in [6.07, 6.45) is 2.04. The highest BCUT2D eigenvalue weighted by atomic mass is 16.2. The highest BCUT2D eigenvalue weighted by molar-refractivity contribution is 5.73. The van der Waals surface area contributed by atoms with E-state index in [0.717, 1.165) is 32.5 Å². The van der Waals surface area contributed by atoms with Gasteiger partial charge in [0.1, 0.15) is 0 Å². The number of carbonyl (C=O) groups excluding carboxylic acids is 1. The lowest BCUT2D eigenvalue weighted by atomic mass is 10.1. The molecule has 16 heavy (non-hydrogen) atoms. The summed E-state index contributed by atoms with van der Waals surface area (Å²) in [4.78, 5) is 15.2. The monoisotopic (exact) mass is 223 g/mol. The zero-order chi connectivity index (χ0) is 12.0. The van der Waals surface area contributed by atoms with Crippen LogP contribution in [-0.4, -0.2) is 55.6 Å². The Morgan fingerprint density at radius 3 is 2.56 bits per heavy atom. The lowest BCUT2D eigenvalue weighted by Crippen LogP contribution is -2.48. The van der Waals surface area contributed by atoms with Gasteiger partial charge in [-0.15, -0.1) is 5.92 Å². The van der Waals surface area contributed by atoms with E-state index in [0.29, 0.717) is 6.04 Å². The summed E-state index contributed by atoms with van der Waals surface area (Å²) in [7, 11) is 3.59. The van der Waals surface area contributed by atoms with E-state index in [1.165, 1.54) is 0 Å². The van der Waals surface area contributed by atoms with Gasteiger partial charge in [-0.1, -0.05) is 5.92 Å². The lowest BCUT2D eigenvalue weighted by molar-refractivity contribution is 0.153. The number of amides is 2. The van der Waals surface area contributed by atoms with Gasteiger partial charge in [-0.05, 0) is 19.8 Å². The molecule has 4 heteroatoms. The van der Waals surface area contributed by atoms with E-state index >= 15 is 0 Å². The number of carbonyl (C=O) groups is 1. The molecule has 0 saturated carbocycles. The van der Waals surface area contributed by atoms with Crippen molar-refractivity contribution in [3.05, 3.63) is 0 Å². The summed E-state index contributed by atoms with van der Waals surface area (Å²) in [5.74, 6) is 5.86. The number of rotatable bonds is 2. The average Bonchev–Trinajstić information content (AvgIpc) is 2.29. The minimum atomic E-state index is 0.117. The van der Waals surface area contributed by atoms with E-state index in [1.54, 1.807) is 19.0 Å². The maximum atomic E-state index is 11.7. The SMILES string of the molecule is CC#CCNC1CCN(C(=O)N(C)C)CC1. The van der Waals surface area contributed by atoms with Crippen LogP contribution in [0.2, 0.25) is 0 Å². The average molecular weight is 223 g/mol. The van der Waals surface area contributed by atoms with Crippen molar-refractivity contribution in [3.63, 3.8) is 0 Å². The van der Waals surface area contributed by atoms with Gasteiger partial charge in [0, 0.05) is 33.2 Å². The standard InChI is InChI=1S/C12H21N3O/c1-4-5-8-13-11-6-9-15(10-7-11)12(16)14(2)3/h11,13H,6-10H2,1-3H3. The van der Waals surface area contributed by atoms with Crippen LogP contribution in [-0.2, 0) is 0 Å². The molecule has 1 fully saturated rings. The molecule has 1 aliphatic heterocycles. The van der Waals surface area contributed by atoms with E-state index in [1.807, 2.05) is 11.8 Å². The fourth-order valence-corrected chi connectivity index (χ4v) is 1.84. The number of urea groups is 1. The largest absolute Gasteiger partial charge is 0.331 e. The quantitative estimate of drug-likeness (QED) is 0.701. The molecule has 1 N–H and O–H groups in total. The molecule has 0 radical (unpaired) electrons. The molecule has 1 aliphatic rings. The van der Waals surface area contributed by atoms with Crippen LogP contribution in [0.3, 0.4) is 0 Å². The smallest absolute Gasteiger partial charge is 0.319 e. The molecule has 0 spiro atoms. The first-order chi connectivity index (χ1) is 7.65. The van der Waals surface area contributed by atoms with Gasteiger partial charge in [0.2, 0.25) is 0 Å². The van der Waals surface area contributed by atoms with Crippen molar-refractivity contribution in [2.45, 2.75) is 25.8 Å². The molecule has 1 heterocycles. The summed E-state index contributed by atoms with van der Waals surface area (Å²) in [5, 5.41) is 3.39. The molecule has 0 bridgehead atoms. The van der Waals surface area contributed by atoms with Crippen LogP contribution in [0, 0.1) is 11.8 Å². The zero-order valence-electron chi connectivity index (χ0n) is 10.4. The van der Waals surface area contributed by atoms with Gasteiger partial charge in [0.15, 0.2) is 0 Å². The summed E-state index contributed by atoms with van der Waals surface area (Å²) >= 11 is 0. The van der Waals surface area contributed by atoms with Crippen LogP contribution >= 0.6 is 0 Å². The van der Waals surface area contributed by atoms with E-state index in [-0.39, 0.29) is 6.03 Å². The van der Waals surface area contributed by atoms with Crippen LogP contribution < -0.4 is 5.32 Å². The van der Waals surface area contributed by atoms with Crippen molar-refractivity contribution < 1.29 is 4.79 Å². The second-order valence-electron chi connectivity index (χ2n) is 4.25. The molecule has 0 aromatic rings. The Bertz CT molecular complexity index is 282. The van der Waals surface area contributed by atoms with Crippen molar-refractivity contribution in [1.82, 2.24) is 15.1 Å². The Balaban J connectivity index is 2.27. The Morgan fingerprint density at radius 1 is 1.44 bits per heavy atom. The number of likely N-dealkylation sites (tertiary alicyclic amines) is 1. The molecule has 0 aromatic heterocycles. The summed E-state index contributed by atoms with van der Waals surface area (Å²) in [6.45, 7) is 4.28. The summed E-state index contributed by atoms with van der Waals surface area (Å²) in [6, 6.07) is 0.624. The van der Waals surface area contributed by atoms with Crippen molar-refractivity contribution in [3.8, 4) is 11.8 Å². The summed E-state index contributed by atoms with van der Waals surface area (Å²) in [5.41, 5.74) is 0. The predicted molar refractivity (Wildman–Crippen MR) is 65.1 cm³/mol. The maximum absolute atomic E-state index is 11.7. The van der Waals surface area contributed by atoms with E-state index in [9.17, 15) is 4.79 Å². The third kappa shape index (κ3) is 3.74. The number of hydrogen-bond donors (Lipinski definition) is 1. The molecule has 1 rings (SSSR count). The second kappa shape index (κ2) is 6.39. The zero-order valence-corrected chi connectivity index (χ0v) is 10.4. The molecule has 0 aromatic carbocycles. The first kappa shape index (κ1) is 12.9. The topological polar surface area (TPSA) is 35.6 Å². The van der Waals surface area contributed by atoms with Crippen molar-refractivity contribution in [2.75, 3.05) is 33.7 Å².